The van der Waals surface area contributed by atoms with Gasteiger partial charge in [0.2, 0.25) is 0 Å². The van der Waals surface area contributed by atoms with Crippen LogP contribution in [0.5, 0.6) is 0 Å². The smallest absolute Gasteiger partial charge is 0.0599 e. The first kappa shape index (κ1) is 11.7. The highest BCUT2D eigenvalue weighted by molar-refractivity contribution is 5.24. The van der Waals surface area contributed by atoms with Crippen molar-refractivity contribution in [3.8, 4) is 12.3 Å². The van der Waals surface area contributed by atoms with Crippen LogP contribution in [-0.2, 0) is 13.0 Å². The predicted octanol–water partition coefficient (Wildman–Crippen LogP) is 2.02. The largest absolute Gasteiger partial charge is 0.291 e. The van der Waals surface area contributed by atoms with Gasteiger partial charge in [-0.25, -0.2) is 0 Å². The lowest BCUT2D eigenvalue weighted by Crippen LogP contribution is -2.18. The standard InChI is InChI=1S/C13H18N2/c1-5-7-15(4)10-12-8-11(3)13(6-2)14-9-12/h1,8-9H,6-7,10H2,2-4H3. The van der Waals surface area contributed by atoms with E-state index in [-0.39, 0.29) is 0 Å². The van der Waals surface area contributed by atoms with Gasteiger partial charge < -0.3 is 0 Å². The molecule has 2 heteroatoms. The van der Waals surface area contributed by atoms with E-state index in [0.29, 0.717) is 6.54 Å². The van der Waals surface area contributed by atoms with Crippen molar-refractivity contribution in [2.45, 2.75) is 26.8 Å². The summed E-state index contributed by atoms with van der Waals surface area (Å²) in [5.74, 6) is 2.63. The maximum atomic E-state index is 5.25. The van der Waals surface area contributed by atoms with Crippen LogP contribution >= 0.6 is 0 Å². The van der Waals surface area contributed by atoms with Crippen molar-refractivity contribution >= 4 is 0 Å². The third-order valence-corrected chi connectivity index (χ3v) is 2.39. The summed E-state index contributed by atoms with van der Waals surface area (Å²) < 4.78 is 0. The molecule has 0 aliphatic carbocycles. The van der Waals surface area contributed by atoms with Crippen LogP contribution in [0.4, 0.5) is 0 Å². The number of rotatable bonds is 4. The van der Waals surface area contributed by atoms with E-state index < -0.39 is 0 Å². The highest BCUT2D eigenvalue weighted by Gasteiger charge is 2.02. The number of aryl methyl sites for hydroxylation is 2. The molecule has 0 spiro atoms. The summed E-state index contributed by atoms with van der Waals surface area (Å²) in [6.07, 6.45) is 8.19. The Morgan fingerprint density at radius 2 is 2.27 bits per heavy atom. The van der Waals surface area contributed by atoms with Crippen LogP contribution in [0, 0.1) is 19.3 Å². The molecule has 0 N–H and O–H groups in total. The second-order valence-corrected chi connectivity index (χ2v) is 3.84. The maximum absolute atomic E-state index is 5.25. The summed E-state index contributed by atoms with van der Waals surface area (Å²) in [6, 6.07) is 2.19. The van der Waals surface area contributed by atoms with Crippen molar-refractivity contribution in [2.75, 3.05) is 13.6 Å². The van der Waals surface area contributed by atoms with E-state index in [9.17, 15) is 0 Å². The fraction of sp³-hybridized carbons (Fsp3) is 0.462. The Morgan fingerprint density at radius 3 is 2.80 bits per heavy atom. The van der Waals surface area contributed by atoms with Gasteiger partial charge in [0.05, 0.1) is 6.54 Å². The zero-order valence-corrected chi connectivity index (χ0v) is 9.75. The van der Waals surface area contributed by atoms with Gasteiger partial charge in [0.15, 0.2) is 0 Å². The minimum Gasteiger partial charge on any atom is -0.291 e. The van der Waals surface area contributed by atoms with Gasteiger partial charge in [-0.05, 0) is 31.5 Å². The van der Waals surface area contributed by atoms with Gasteiger partial charge in [0, 0.05) is 18.4 Å². The van der Waals surface area contributed by atoms with E-state index in [1.54, 1.807) is 0 Å². The highest BCUT2D eigenvalue weighted by atomic mass is 15.1. The minimum atomic E-state index is 0.675. The molecule has 2 nitrogen and oxygen atoms in total. The van der Waals surface area contributed by atoms with E-state index in [0.717, 1.165) is 13.0 Å². The van der Waals surface area contributed by atoms with Crippen molar-refractivity contribution in [3.63, 3.8) is 0 Å². The zero-order chi connectivity index (χ0) is 11.3. The predicted molar refractivity (Wildman–Crippen MR) is 63.5 cm³/mol. The zero-order valence-electron chi connectivity index (χ0n) is 9.75. The lowest BCUT2D eigenvalue weighted by Gasteiger charge is -2.13. The Morgan fingerprint density at radius 1 is 1.53 bits per heavy atom. The number of hydrogen-bond acceptors (Lipinski definition) is 2. The molecule has 1 heterocycles. The molecule has 0 fully saturated rings. The molecular formula is C13H18N2. The Balaban J connectivity index is 2.72. The van der Waals surface area contributed by atoms with Crippen molar-refractivity contribution in [1.29, 1.82) is 0 Å². The molecule has 0 aliphatic heterocycles. The van der Waals surface area contributed by atoms with Gasteiger partial charge in [-0.2, -0.15) is 0 Å². The van der Waals surface area contributed by atoms with Crippen LogP contribution in [-0.4, -0.2) is 23.5 Å². The fourth-order valence-corrected chi connectivity index (χ4v) is 1.64. The van der Waals surface area contributed by atoms with Crippen LogP contribution in [0.3, 0.4) is 0 Å². The van der Waals surface area contributed by atoms with Gasteiger partial charge >= 0.3 is 0 Å². The summed E-state index contributed by atoms with van der Waals surface area (Å²) in [4.78, 5) is 6.53. The topological polar surface area (TPSA) is 16.1 Å². The SMILES string of the molecule is C#CCN(C)Cc1cnc(CC)c(C)c1. The second kappa shape index (κ2) is 5.53. The molecule has 80 valence electrons. The first-order valence-electron chi connectivity index (χ1n) is 5.23. The second-order valence-electron chi connectivity index (χ2n) is 3.84. The molecule has 1 aromatic rings. The third kappa shape index (κ3) is 3.38. The Hall–Kier alpha value is -1.33. The fourth-order valence-electron chi connectivity index (χ4n) is 1.64. The van der Waals surface area contributed by atoms with Crippen LogP contribution in [0.25, 0.3) is 0 Å². The monoisotopic (exact) mass is 202 g/mol. The molecule has 0 aliphatic rings. The minimum absolute atomic E-state index is 0.675. The molecule has 0 atom stereocenters. The molecule has 0 aromatic carbocycles. The first-order valence-corrected chi connectivity index (χ1v) is 5.23. The van der Waals surface area contributed by atoms with E-state index in [4.69, 9.17) is 6.42 Å². The van der Waals surface area contributed by atoms with Gasteiger partial charge in [0.1, 0.15) is 0 Å². The normalized spacial score (nSPS) is 10.3. The molecule has 0 radical (unpaired) electrons. The van der Waals surface area contributed by atoms with Gasteiger partial charge in [-0.3, -0.25) is 9.88 Å². The number of aromatic nitrogens is 1. The number of pyridine rings is 1. The number of terminal acetylenes is 1. The van der Waals surface area contributed by atoms with E-state index in [1.807, 2.05) is 13.2 Å². The molecular weight excluding hydrogens is 184 g/mol. The van der Waals surface area contributed by atoms with Crippen LogP contribution in [0.2, 0.25) is 0 Å². The third-order valence-electron chi connectivity index (χ3n) is 2.39. The molecule has 0 saturated heterocycles. The molecule has 0 amide bonds. The average Bonchev–Trinajstić information content (AvgIpc) is 2.18. The van der Waals surface area contributed by atoms with Gasteiger partial charge in [-0.15, -0.1) is 6.42 Å². The first-order chi connectivity index (χ1) is 7.17. The van der Waals surface area contributed by atoms with Crippen LogP contribution < -0.4 is 0 Å². The molecule has 0 saturated carbocycles. The number of nitrogens with zero attached hydrogens (tertiary/aromatic N) is 2. The van der Waals surface area contributed by atoms with E-state index in [2.05, 4.69) is 35.7 Å². The van der Waals surface area contributed by atoms with Crippen molar-refractivity contribution in [2.24, 2.45) is 0 Å². The van der Waals surface area contributed by atoms with Gasteiger partial charge in [-0.1, -0.05) is 18.9 Å². The highest BCUT2D eigenvalue weighted by Crippen LogP contribution is 2.09. The van der Waals surface area contributed by atoms with Crippen LogP contribution in [0.1, 0.15) is 23.7 Å². The molecule has 15 heavy (non-hydrogen) atoms. The van der Waals surface area contributed by atoms with Crippen LogP contribution in [0.15, 0.2) is 12.3 Å². The van der Waals surface area contributed by atoms with Crippen molar-refractivity contribution in [3.05, 3.63) is 29.1 Å². The molecule has 1 rings (SSSR count). The summed E-state index contributed by atoms with van der Waals surface area (Å²) in [7, 11) is 2.02. The summed E-state index contributed by atoms with van der Waals surface area (Å²) in [5, 5.41) is 0. The summed E-state index contributed by atoms with van der Waals surface area (Å²) >= 11 is 0. The summed E-state index contributed by atoms with van der Waals surface area (Å²) in [5.41, 5.74) is 3.67. The average molecular weight is 202 g/mol. The number of hydrogen-bond donors (Lipinski definition) is 0. The van der Waals surface area contributed by atoms with Gasteiger partial charge in [0.25, 0.3) is 0 Å². The lowest BCUT2D eigenvalue weighted by atomic mass is 10.1. The molecule has 1 aromatic heterocycles. The van der Waals surface area contributed by atoms with E-state index in [1.165, 1.54) is 16.8 Å². The quantitative estimate of drug-likeness (QED) is 0.694. The van der Waals surface area contributed by atoms with E-state index >= 15 is 0 Å². The Bertz CT molecular complexity index is 363. The molecule has 0 unspecified atom stereocenters. The lowest BCUT2D eigenvalue weighted by molar-refractivity contribution is 0.368. The Labute approximate surface area is 92.3 Å². The van der Waals surface area contributed by atoms with Crippen molar-refractivity contribution < 1.29 is 0 Å². The molecule has 0 bridgehead atoms. The Kier molecular flexibility index (Phi) is 4.33. The maximum Gasteiger partial charge on any atom is 0.0599 e. The van der Waals surface area contributed by atoms with Crippen molar-refractivity contribution in [1.82, 2.24) is 9.88 Å². The summed E-state index contributed by atoms with van der Waals surface area (Å²) in [6.45, 7) is 5.77.